The standard InChI is InChI=1S/C15H10F2N2O3S/c16-9-3-4-11(14(17)13(9)15(18)20)21-7-8-6-10(19-22-8)12-2-1-5-23-12/h1-6H,7H2,(H2,18,20). The summed E-state index contributed by atoms with van der Waals surface area (Å²) in [5, 5.41) is 5.78. The molecule has 1 aromatic carbocycles. The molecular weight excluding hydrogens is 326 g/mol. The molecule has 0 fully saturated rings. The van der Waals surface area contributed by atoms with Gasteiger partial charge in [0.1, 0.15) is 23.7 Å². The number of thiophene rings is 1. The van der Waals surface area contributed by atoms with Crippen LogP contribution in [-0.2, 0) is 6.61 Å². The van der Waals surface area contributed by atoms with E-state index in [4.69, 9.17) is 15.0 Å². The van der Waals surface area contributed by atoms with Crippen molar-refractivity contribution in [2.75, 3.05) is 0 Å². The summed E-state index contributed by atoms with van der Waals surface area (Å²) in [5.74, 6) is -3.32. The van der Waals surface area contributed by atoms with Gasteiger partial charge in [0, 0.05) is 6.07 Å². The van der Waals surface area contributed by atoms with Crippen molar-refractivity contribution < 1.29 is 22.8 Å². The first-order chi connectivity index (χ1) is 11.1. The van der Waals surface area contributed by atoms with Crippen LogP contribution in [-0.4, -0.2) is 11.1 Å². The number of hydrogen-bond donors (Lipinski definition) is 1. The second kappa shape index (κ2) is 6.17. The summed E-state index contributed by atoms with van der Waals surface area (Å²) in [6.45, 7) is -0.126. The highest BCUT2D eigenvalue weighted by molar-refractivity contribution is 7.13. The van der Waals surface area contributed by atoms with Crippen molar-refractivity contribution in [3.8, 4) is 16.3 Å². The number of nitrogens with two attached hydrogens (primary N) is 1. The third kappa shape index (κ3) is 3.07. The average molecular weight is 336 g/mol. The maximum atomic E-state index is 14.0. The first-order valence-electron chi connectivity index (χ1n) is 6.46. The van der Waals surface area contributed by atoms with E-state index in [9.17, 15) is 13.6 Å². The minimum absolute atomic E-state index is 0.126. The van der Waals surface area contributed by atoms with Gasteiger partial charge in [-0.2, -0.15) is 0 Å². The molecule has 2 aromatic heterocycles. The van der Waals surface area contributed by atoms with Crippen molar-refractivity contribution in [3.05, 3.63) is 58.7 Å². The van der Waals surface area contributed by atoms with Crippen molar-refractivity contribution in [3.63, 3.8) is 0 Å². The lowest BCUT2D eigenvalue weighted by Gasteiger charge is -2.08. The highest BCUT2D eigenvalue weighted by Gasteiger charge is 2.19. The van der Waals surface area contributed by atoms with Gasteiger partial charge in [-0.25, -0.2) is 8.78 Å². The summed E-state index contributed by atoms with van der Waals surface area (Å²) in [4.78, 5) is 12.0. The van der Waals surface area contributed by atoms with Gasteiger partial charge >= 0.3 is 0 Å². The number of rotatable bonds is 5. The van der Waals surface area contributed by atoms with Crippen LogP contribution in [0.3, 0.4) is 0 Å². The van der Waals surface area contributed by atoms with Crippen molar-refractivity contribution >= 4 is 17.2 Å². The molecule has 0 bridgehead atoms. The predicted molar refractivity (Wildman–Crippen MR) is 79.0 cm³/mol. The molecule has 0 spiro atoms. The lowest BCUT2D eigenvalue weighted by molar-refractivity contribution is 0.0991. The molecule has 8 heteroatoms. The fourth-order valence-electron chi connectivity index (χ4n) is 1.94. The van der Waals surface area contributed by atoms with Crippen LogP contribution < -0.4 is 10.5 Å². The Bertz CT molecular complexity index is 847. The first-order valence-corrected chi connectivity index (χ1v) is 7.34. The predicted octanol–water partition coefficient (Wildman–Crippen LogP) is 3.36. The van der Waals surface area contributed by atoms with Crippen molar-refractivity contribution in [1.82, 2.24) is 5.16 Å². The third-order valence-electron chi connectivity index (χ3n) is 3.00. The van der Waals surface area contributed by atoms with E-state index in [-0.39, 0.29) is 12.4 Å². The van der Waals surface area contributed by atoms with E-state index in [1.807, 2.05) is 17.5 Å². The van der Waals surface area contributed by atoms with Gasteiger partial charge in [-0.3, -0.25) is 4.79 Å². The lowest BCUT2D eigenvalue weighted by atomic mass is 10.1. The summed E-state index contributed by atoms with van der Waals surface area (Å²) in [6.07, 6.45) is 0. The van der Waals surface area contributed by atoms with Gasteiger partial charge in [0.2, 0.25) is 0 Å². The molecule has 3 aromatic rings. The van der Waals surface area contributed by atoms with Crippen LogP contribution in [0.1, 0.15) is 16.1 Å². The molecule has 0 saturated heterocycles. The Morgan fingerprint density at radius 2 is 2.17 bits per heavy atom. The van der Waals surface area contributed by atoms with E-state index in [0.717, 1.165) is 17.0 Å². The molecule has 118 valence electrons. The highest BCUT2D eigenvalue weighted by Crippen LogP contribution is 2.26. The van der Waals surface area contributed by atoms with Crippen LogP contribution in [0, 0.1) is 11.6 Å². The minimum atomic E-state index is -1.20. The molecule has 0 aliphatic rings. The SMILES string of the molecule is NC(=O)c1c(F)ccc(OCc2cc(-c3cccs3)no2)c1F. The molecule has 3 rings (SSSR count). The van der Waals surface area contributed by atoms with Crippen LogP contribution in [0.2, 0.25) is 0 Å². The number of nitrogens with zero attached hydrogens (tertiary/aromatic N) is 1. The van der Waals surface area contributed by atoms with Crippen LogP contribution >= 0.6 is 11.3 Å². The Hall–Kier alpha value is -2.74. The van der Waals surface area contributed by atoms with Crippen LogP contribution in [0.4, 0.5) is 8.78 Å². The fraction of sp³-hybridized carbons (Fsp3) is 0.0667. The molecule has 0 aliphatic heterocycles. The zero-order valence-electron chi connectivity index (χ0n) is 11.6. The van der Waals surface area contributed by atoms with Crippen molar-refractivity contribution in [2.24, 2.45) is 5.73 Å². The smallest absolute Gasteiger partial charge is 0.254 e. The number of aromatic nitrogens is 1. The van der Waals surface area contributed by atoms with Gasteiger partial charge in [-0.05, 0) is 23.6 Å². The normalized spacial score (nSPS) is 10.7. The molecule has 0 saturated carbocycles. The quantitative estimate of drug-likeness (QED) is 0.775. The Morgan fingerprint density at radius 1 is 1.35 bits per heavy atom. The number of primary amides is 1. The van der Waals surface area contributed by atoms with Crippen molar-refractivity contribution in [1.29, 1.82) is 0 Å². The Morgan fingerprint density at radius 3 is 2.87 bits per heavy atom. The summed E-state index contributed by atoms with van der Waals surface area (Å²) in [6, 6.07) is 7.40. The molecule has 1 amide bonds. The second-order valence-corrected chi connectivity index (χ2v) is 5.49. The van der Waals surface area contributed by atoms with Gasteiger partial charge < -0.3 is 15.0 Å². The second-order valence-electron chi connectivity index (χ2n) is 4.54. The topological polar surface area (TPSA) is 78.4 Å². The average Bonchev–Trinajstić information content (AvgIpc) is 3.17. The minimum Gasteiger partial charge on any atom is -0.482 e. The zero-order chi connectivity index (χ0) is 16.4. The maximum Gasteiger partial charge on any atom is 0.254 e. The largest absolute Gasteiger partial charge is 0.482 e. The van der Waals surface area contributed by atoms with Gasteiger partial charge in [-0.1, -0.05) is 11.2 Å². The molecule has 0 aliphatic carbocycles. The number of amides is 1. The summed E-state index contributed by atoms with van der Waals surface area (Å²) in [7, 11) is 0. The van der Waals surface area contributed by atoms with E-state index in [1.54, 1.807) is 6.07 Å². The molecule has 2 heterocycles. The number of carbonyl (C=O) groups is 1. The van der Waals surface area contributed by atoms with E-state index < -0.39 is 23.1 Å². The van der Waals surface area contributed by atoms with Crippen LogP contribution in [0.5, 0.6) is 5.75 Å². The van der Waals surface area contributed by atoms with E-state index >= 15 is 0 Å². The maximum absolute atomic E-state index is 14.0. The summed E-state index contributed by atoms with van der Waals surface area (Å²) < 4.78 is 37.7. The summed E-state index contributed by atoms with van der Waals surface area (Å²) in [5.41, 5.74) is 4.75. The Balaban J connectivity index is 1.76. The molecular formula is C15H10F2N2O3S. The van der Waals surface area contributed by atoms with Gasteiger partial charge in [0.05, 0.1) is 4.88 Å². The van der Waals surface area contributed by atoms with Crippen LogP contribution in [0.15, 0.2) is 40.2 Å². The summed E-state index contributed by atoms with van der Waals surface area (Å²) >= 11 is 1.50. The molecule has 2 N–H and O–H groups in total. The number of ether oxygens (including phenoxy) is 1. The molecule has 0 unspecified atom stereocenters. The van der Waals surface area contributed by atoms with E-state index in [2.05, 4.69) is 5.16 Å². The number of carbonyl (C=O) groups excluding carboxylic acids is 1. The van der Waals surface area contributed by atoms with Crippen LogP contribution in [0.25, 0.3) is 10.6 Å². The highest BCUT2D eigenvalue weighted by atomic mass is 32.1. The van der Waals surface area contributed by atoms with E-state index in [0.29, 0.717) is 11.5 Å². The molecule has 23 heavy (non-hydrogen) atoms. The lowest BCUT2D eigenvalue weighted by Crippen LogP contribution is -2.16. The molecule has 5 nitrogen and oxygen atoms in total. The monoisotopic (exact) mass is 336 g/mol. The Kier molecular flexibility index (Phi) is 4.07. The third-order valence-corrected chi connectivity index (χ3v) is 3.90. The van der Waals surface area contributed by atoms with Gasteiger partial charge in [0.15, 0.2) is 17.3 Å². The number of benzene rings is 1. The number of halogens is 2. The van der Waals surface area contributed by atoms with Gasteiger partial charge in [-0.15, -0.1) is 11.3 Å². The fourth-order valence-corrected chi connectivity index (χ4v) is 2.62. The van der Waals surface area contributed by atoms with E-state index in [1.165, 1.54) is 11.3 Å². The molecule has 0 atom stereocenters. The van der Waals surface area contributed by atoms with Gasteiger partial charge in [0.25, 0.3) is 5.91 Å². The molecule has 0 radical (unpaired) electrons. The van der Waals surface area contributed by atoms with Crippen molar-refractivity contribution in [2.45, 2.75) is 6.61 Å². The number of hydrogen-bond acceptors (Lipinski definition) is 5. The zero-order valence-corrected chi connectivity index (χ0v) is 12.4. The Labute approximate surface area is 133 Å². The first kappa shape index (κ1) is 15.2.